The molecule has 0 aliphatic heterocycles. The topological polar surface area (TPSA) is 128 Å². The molecule has 2 rings (SSSR count). The van der Waals surface area contributed by atoms with Gasteiger partial charge in [0.05, 0.1) is 17.4 Å². The zero-order valence-electron chi connectivity index (χ0n) is 11.8. The molecule has 0 aliphatic rings. The van der Waals surface area contributed by atoms with Crippen molar-refractivity contribution in [1.82, 2.24) is 30.0 Å². The summed E-state index contributed by atoms with van der Waals surface area (Å²) in [6, 6.07) is 0. The number of rotatable bonds is 4. The fraction of sp³-hybridized carbons (Fsp3) is 0.455. The molecule has 0 fully saturated rings. The van der Waals surface area contributed by atoms with Crippen LogP contribution in [0.5, 0.6) is 0 Å². The molecule has 10 heteroatoms. The molecule has 0 saturated carbocycles. The molecule has 0 aromatic carbocycles. The number of carbonyl (C=O) groups is 2. The van der Waals surface area contributed by atoms with Crippen LogP contribution < -0.4 is 5.32 Å². The van der Waals surface area contributed by atoms with E-state index in [2.05, 4.69) is 25.8 Å². The Labute approximate surface area is 119 Å². The first kappa shape index (κ1) is 14.6. The summed E-state index contributed by atoms with van der Waals surface area (Å²) in [6.07, 6.45) is 2.75. The SMILES string of the molecule is CC(C)(C)n1nnc(C(=O)Nc2cnn(CC(=O)O)c2)n1. The summed E-state index contributed by atoms with van der Waals surface area (Å²) in [5.41, 5.74) is -0.0221. The second-order valence-corrected chi connectivity index (χ2v) is 5.35. The van der Waals surface area contributed by atoms with Crippen molar-refractivity contribution in [1.29, 1.82) is 0 Å². The number of carbonyl (C=O) groups excluding carboxylic acids is 1. The average Bonchev–Trinajstić information content (AvgIpc) is 2.96. The van der Waals surface area contributed by atoms with Gasteiger partial charge in [-0.15, -0.1) is 10.2 Å². The number of tetrazole rings is 1. The maximum absolute atomic E-state index is 11.9. The Balaban J connectivity index is 2.06. The summed E-state index contributed by atoms with van der Waals surface area (Å²) in [4.78, 5) is 23.8. The van der Waals surface area contributed by atoms with E-state index < -0.39 is 11.9 Å². The summed E-state index contributed by atoms with van der Waals surface area (Å²) in [5.74, 6) is -1.64. The van der Waals surface area contributed by atoms with Crippen molar-refractivity contribution >= 4 is 17.6 Å². The van der Waals surface area contributed by atoms with Crippen molar-refractivity contribution in [2.24, 2.45) is 0 Å². The average molecular weight is 293 g/mol. The van der Waals surface area contributed by atoms with Crippen LogP contribution in [0.1, 0.15) is 31.4 Å². The maximum Gasteiger partial charge on any atom is 0.325 e. The minimum absolute atomic E-state index is 0.0732. The highest BCUT2D eigenvalue weighted by atomic mass is 16.4. The largest absolute Gasteiger partial charge is 0.480 e. The van der Waals surface area contributed by atoms with Gasteiger partial charge in [-0.25, -0.2) is 0 Å². The number of anilines is 1. The molecular formula is C11H15N7O3. The van der Waals surface area contributed by atoms with Crippen LogP contribution in [0.2, 0.25) is 0 Å². The Morgan fingerprint density at radius 1 is 1.38 bits per heavy atom. The van der Waals surface area contributed by atoms with E-state index in [0.717, 1.165) is 0 Å². The summed E-state index contributed by atoms with van der Waals surface area (Å²) in [6.45, 7) is 5.36. The molecule has 0 atom stereocenters. The van der Waals surface area contributed by atoms with Crippen LogP contribution in [0, 0.1) is 0 Å². The van der Waals surface area contributed by atoms with Crippen LogP contribution in [0.25, 0.3) is 0 Å². The van der Waals surface area contributed by atoms with E-state index in [1.54, 1.807) is 0 Å². The van der Waals surface area contributed by atoms with E-state index in [1.165, 1.54) is 21.9 Å². The first-order valence-corrected chi connectivity index (χ1v) is 6.12. The minimum atomic E-state index is -1.02. The Morgan fingerprint density at radius 3 is 2.67 bits per heavy atom. The van der Waals surface area contributed by atoms with Crippen LogP contribution >= 0.6 is 0 Å². The van der Waals surface area contributed by atoms with E-state index in [0.29, 0.717) is 5.69 Å². The Bertz CT molecular complexity index is 667. The van der Waals surface area contributed by atoms with Crippen molar-refractivity contribution in [2.45, 2.75) is 32.9 Å². The molecule has 0 saturated heterocycles. The van der Waals surface area contributed by atoms with Crippen molar-refractivity contribution in [2.75, 3.05) is 5.32 Å². The standard InChI is InChI=1S/C11H15N7O3/c1-11(2,3)18-15-9(14-16-18)10(21)13-7-4-12-17(5-7)6-8(19)20/h4-5H,6H2,1-3H3,(H,13,21)(H,19,20). The molecule has 0 aliphatic carbocycles. The number of hydrogen-bond donors (Lipinski definition) is 2. The van der Waals surface area contributed by atoms with Crippen molar-refractivity contribution in [3.8, 4) is 0 Å². The van der Waals surface area contributed by atoms with Gasteiger partial charge in [-0.3, -0.25) is 14.3 Å². The number of hydrogen-bond acceptors (Lipinski definition) is 6. The highest BCUT2D eigenvalue weighted by molar-refractivity contribution is 6.01. The molecule has 112 valence electrons. The van der Waals surface area contributed by atoms with Crippen molar-refractivity contribution in [3.05, 3.63) is 18.2 Å². The van der Waals surface area contributed by atoms with E-state index in [4.69, 9.17) is 5.11 Å². The number of nitrogens with one attached hydrogen (secondary N) is 1. The third kappa shape index (κ3) is 3.61. The van der Waals surface area contributed by atoms with Crippen molar-refractivity contribution < 1.29 is 14.7 Å². The predicted octanol–water partition coefficient (Wildman–Crippen LogP) is -0.0385. The highest BCUT2D eigenvalue weighted by Gasteiger charge is 2.20. The number of nitrogens with zero attached hydrogens (tertiary/aromatic N) is 6. The molecule has 10 nitrogen and oxygen atoms in total. The van der Waals surface area contributed by atoms with Crippen LogP contribution in [-0.4, -0.2) is 47.0 Å². The lowest BCUT2D eigenvalue weighted by molar-refractivity contribution is -0.137. The lowest BCUT2D eigenvalue weighted by atomic mass is 10.1. The lowest BCUT2D eigenvalue weighted by Gasteiger charge is -2.15. The number of aromatic nitrogens is 6. The predicted molar refractivity (Wildman–Crippen MR) is 70.6 cm³/mol. The molecule has 2 heterocycles. The van der Waals surface area contributed by atoms with Gasteiger partial charge in [0.1, 0.15) is 6.54 Å². The number of amides is 1. The Kier molecular flexibility index (Phi) is 3.70. The molecule has 21 heavy (non-hydrogen) atoms. The monoisotopic (exact) mass is 293 g/mol. The van der Waals surface area contributed by atoms with Gasteiger partial charge in [-0.05, 0) is 26.0 Å². The molecule has 0 spiro atoms. The number of carboxylic acid groups (broad SMARTS) is 1. The second-order valence-electron chi connectivity index (χ2n) is 5.35. The molecule has 0 radical (unpaired) electrons. The highest BCUT2D eigenvalue weighted by Crippen LogP contribution is 2.10. The van der Waals surface area contributed by atoms with Crippen LogP contribution in [0.3, 0.4) is 0 Å². The van der Waals surface area contributed by atoms with Gasteiger partial charge in [0, 0.05) is 6.20 Å². The van der Waals surface area contributed by atoms with Crippen molar-refractivity contribution in [3.63, 3.8) is 0 Å². The van der Waals surface area contributed by atoms with E-state index in [1.807, 2.05) is 20.8 Å². The van der Waals surface area contributed by atoms with Crippen LogP contribution in [-0.2, 0) is 16.9 Å². The lowest BCUT2D eigenvalue weighted by Crippen LogP contribution is -2.25. The third-order valence-corrected chi connectivity index (χ3v) is 2.41. The number of carboxylic acids is 1. The smallest absolute Gasteiger partial charge is 0.325 e. The van der Waals surface area contributed by atoms with Gasteiger partial charge in [0.25, 0.3) is 11.7 Å². The maximum atomic E-state index is 11.9. The Morgan fingerprint density at radius 2 is 2.10 bits per heavy atom. The zero-order chi connectivity index (χ0) is 15.6. The summed E-state index contributed by atoms with van der Waals surface area (Å²) < 4.78 is 1.19. The van der Waals surface area contributed by atoms with Gasteiger partial charge in [0.2, 0.25) is 0 Å². The minimum Gasteiger partial charge on any atom is -0.480 e. The summed E-state index contributed by atoms with van der Waals surface area (Å²) in [7, 11) is 0. The Hall–Kier alpha value is -2.78. The molecule has 2 N–H and O–H groups in total. The molecule has 2 aromatic heterocycles. The van der Waals surface area contributed by atoms with Gasteiger partial charge in [0.15, 0.2) is 0 Å². The molecular weight excluding hydrogens is 278 g/mol. The van der Waals surface area contributed by atoms with Crippen LogP contribution in [0.15, 0.2) is 12.4 Å². The fourth-order valence-electron chi connectivity index (χ4n) is 1.43. The zero-order valence-corrected chi connectivity index (χ0v) is 11.8. The third-order valence-electron chi connectivity index (χ3n) is 2.41. The molecule has 0 bridgehead atoms. The first-order valence-electron chi connectivity index (χ1n) is 6.12. The van der Waals surface area contributed by atoms with Gasteiger partial charge >= 0.3 is 5.97 Å². The van der Waals surface area contributed by atoms with Gasteiger partial charge in [-0.2, -0.15) is 9.90 Å². The van der Waals surface area contributed by atoms with E-state index >= 15 is 0 Å². The second kappa shape index (κ2) is 5.31. The molecule has 0 unspecified atom stereocenters. The fourth-order valence-corrected chi connectivity index (χ4v) is 1.43. The van der Waals surface area contributed by atoms with Gasteiger partial charge in [-0.1, -0.05) is 0 Å². The van der Waals surface area contributed by atoms with E-state index in [9.17, 15) is 9.59 Å². The van der Waals surface area contributed by atoms with Crippen LogP contribution in [0.4, 0.5) is 5.69 Å². The van der Waals surface area contributed by atoms with E-state index in [-0.39, 0.29) is 17.9 Å². The summed E-state index contributed by atoms with van der Waals surface area (Å²) >= 11 is 0. The van der Waals surface area contributed by atoms with Gasteiger partial charge < -0.3 is 10.4 Å². The first-order chi connectivity index (χ1) is 9.75. The molecule has 2 aromatic rings. The summed E-state index contributed by atoms with van der Waals surface area (Å²) in [5, 5.41) is 26.5. The molecule has 1 amide bonds. The quantitative estimate of drug-likeness (QED) is 0.809. The number of aliphatic carboxylic acids is 1. The normalized spacial score (nSPS) is 11.4.